The number of benzene rings is 1. The van der Waals surface area contributed by atoms with Gasteiger partial charge in [-0.15, -0.1) is 10.2 Å². The van der Waals surface area contributed by atoms with Gasteiger partial charge in [-0.3, -0.25) is 4.40 Å². The fourth-order valence-corrected chi connectivity index (χ4v) is 2.51. The zero-order valence-electron chi connectivity index (χ0n) is 9.85. The summed E-state index contributed by atoms with van der Waals surface area (Å²) in [4.78, 5) is 0. The van der Waals surface area contributed by atoms with Crippen LogP contribution in [0.4, 0.5) is 5.69 Å². The summed E-state index contributed by atoms with van der Waals surface area (Å²) in [7, 11) is 0. The van der Waals surface area contributed by atoms with Gasteiger partial charge >= 0.3 is 0 Å². The minimum Gasteiger partial charge on any atom is -0.396 e. The monoisotopic (exact) mass is 336 g/mol. The van der Waals surface area contributed by atoms with Crippen molar-refractivity contribution in [2.45, 2.75) is 6.42 Å². The zero-order valence-corrected chi connectivity index (χ0v) is 12.2. The number of rotatable bonds is 2. The summed E-state index contributed by atoms with van der Waals surface area (Å²) < 4.78 is 2.79. The van der Waals surface area contributed by atoms with Gasteiger partial charge in [0, 0.05) is 22.1 Å². The molecule has 0 atom stereocenters. The first-order valence-electron chi connectivity index (χ1n) is 5.66. The van der Waals surface area contributed by atoms with Gasteiger partial charge in [0.1, 0.15) is 5.82 Å². The van der Waals surface area contributed by atoms with E-state index >= 15 is 0 Å². The lowest BCUT2D eigenvalue weighted by Gasteiger charge is -2.03. The van der Waals surface area contributed by atoms with E-state index in [1.807, 2.05) is 40.9 Å². The van der Waals surface area contributed by atoms with Crippen LogP contribution in [0.2, 0.25) is 5.02 Å². The maximum absolute atomic E-state index is 5.91. The Morgan fingerprint density at radius 3 is 2.68 bits per heavy atom. The molecule has 0 spiro atoms. The summed E-state index contributed by atoms with van der Waals surface area (Å²) >= 11 is 9.30. The van der Waals surface area contributed by atoms with Crippen LogP contribution in [0.25, 0.3) is 5.65 Å². The Balaban J connectivity index is 2.03. The maximum atomic E-state index is 5.91. The van der Waals surface area contributed by atoms with Crippen LogP contribution in [0, 0.1) is 0 Å². The van der Waals surface area contributed by atoms with Crippen LogP contribution in [0.1, 0.15) is 11.4 Å². The van der Waals surface area contributed by atoms with Gasteiger partial charge < -0.3 is 5.73 Å². The standard InChI is InChI=1S/C13H10BrClN4/c14-9-6-11(16)13-18-17-12(19(13)7-9)5-8-1-3-10(15)4-2-8/h1-4,6-7H,5,16H2. The molecule has 3 aromatic rings. The van der Waals surface area contributed by atoms with Crippen molar-refractivity contribution in [2.75, 3.05) is 5.73 Å². The Kier molecular flexibility index (Phi) is 3.16. The van der Waals surface area contributed by atoms with E-state index in [9.17, 15) is 0 Å². The molecule has 19 heavy (non-hydrogen) atoms. The van der Waals surface area contributed by atoms with Crippen LogP contribution in [-0.2, 0) is 6.42 Å². The highest BCUT2D eigenvalue weighted by molar-refractivity contribution is 9.10. The van der Waals surface area contributed by atoms with Crippen LogP contribution in [0.3, 0.4) is 0 Å². The Hall–Kier alpha value is -1.59. The van der Waals surface area contributed by atoms with E-state index in [2.05, 4.69) is 26.1 Å². The van der Waals surface area contributed by atoms with E-state index in [-0.39, 0.29) is 0 Å². The Bertz CT molecular complexity index is 736. The fraction of sp³-hybridized carbons (Fsp3) is 0.0769. The number of hydrogen-bond acceptors (Lipinski definition) is 3. The second kappa shape index (κ2) is 4.83. The van der Waals surface area contributed by atoms with E-state index in [0.29, 0.717) is 17.8 Å². The predicted molar refractivity (Wildman–Crippen MR) is 79.4 cm³/mol. The number of nitrogens with two attached hydrogens (primary N) is 1. The first kappa shape index (κ1) is 12.4. The van der Waals surface area contributed by atoms with Crippen LogP contribution in [-0.4, -0.2) is 14.6 Å². The van der Waals surface area contributed by atoms with Crippen molar-refractivity contribution in [3.05, 3.63) is 57.4 Å². The molecule has 1 aromatic carbocycles. The van der Waals surface area contributed by atoms with Gasteiger partial charge in [-0.25, -0.2) is 0 Å². The molecule has 0 unspecified atom stereocenters. The summed E-state index contributed by atoms with van der Waals surface area (Å²) in [5.41, 5.74) is 8.31. The van der Waals surface area contributed by atoms with Gasteiger partial charge in [0.15, 0.2) is 5.65 Å². The molecule has 6 heteroatoms. The Morgan fingerprint density at radius 1 is 1.21 bits per heavy atom. The summed E-state index contributed by atoms with van der Waals surface area (Å²) in [6, 6.07) is 9.50. The molecule has 4 nitrogen and oxygen atoms in total. The molecule has 0 radical (unpaired) electrons. The van der Waals surface area contributed by atoms with Crippen molar-refractivity contribution >= 4 is 38.9 Å². The molecule has 0 aliphatic carbocycles. The number of aromatic nitrogens is 3. The SMILES string of the molecule is Nc1cc(Br)cn2c(Cc3ccc(Cl)cc3)nnc12. The summed E-state index contributed by atoms with van der Waals surface area (Å²) in [5.74, 6) is 0.838. The molecule has 0 saturated heterocycles. The summed E-state index contributed by atoms with van der Waals surface area (Å²) in [5, 5.41) is 9.03. The molecule has 0 fully saturated rings. The topological polar surface area (TPSA) is 56.2 Å². The second-order valence-electron chi connectivity index (χ2n) is 4.23. The van der Waals surface area contributed by atoms with Gasteiger partial charge in [-0.2, -0.15) is 0 Å². The van der Waals surface area contributed by atoms with Crippen LogP contribution >= 0.6 is 27.5 Å². The van der Waals surface area contributed by atoms with E-state index in [1.54, 1.807) is 0 Å². The predicted octanol–water partition coefficient (Wildman–Crippen LogP) is 3.32. The third-order valence-electron chi connectivity index (χ3n) is 2.85. The summed E-state index contributed by atoms with van der Waals surface area (Å²) in [6.07, 6.45) is 2.59. The Morgan fingerprint density at radius 2 is 1.95 bits per heavy atom. The van der Waals surface area contributed by atoms with Crippen molar-refractivity contribution in [3.63, 3.8) is 0 Å². The minimum absolute atomic E-state index is 0.601. The van der Waals surface area contributed by atoms with E-state index < -0.39 is 0 Å². The average molecular weight is 338 g/mol. The number of pyridine rings is 1. The number of anilines is 1. The molecule has 2 aromatic heterocycles. The molecule has 2 heterocycles. The van der Waals surface area contributed by atoms with Crippen molar-refractivity contribution in [1.82, 2.24) is 14.6 Å². The van der Waals surface area contributed by atoms with Crippen molar-refractivity contribution in [1.29, 1.82) is 0 Å². The highest BCUT2D eigenvalue weighted by Gasteiger charge is 2.09. The second-order valence-corrected chi connectivity index (χ2v) is 5.58. The quantitative estimate of drug-likeness (QED) is 0.780. The number of fused-ring (bicyclic) bond motifs is 1. The molecule has 0 aliphatic rings. The summed E-state index contributed by atoms with van der Waals surface area (Å²) in [6.45, 7) is 0. The highest BCUT2D eigenvalue weighted by Crippen LogP contribution is 2.20. The van der Waals surface area contributed by atoms with E-state index in [1.165, 1.54) is 0 Å². The molecule has 0 saturated carbocycles. The normalized spacial score (nSPS) is 11.1. The van der Waals surface area contributed by atoms with Gasteiger partial charge in [0.05, 0.1) is 5.69 Å². The molecule has 0 bridgehead atoms. The fourth-order valence-electron chi connectivity index (χ4n) is 1.94. The maximum Gasteiger partial charge on any atom is 0.184 e. The van der Waals surface area contributed by atoms with Crippen molar-refractivity contribution in [2.24, 2.45) is 0 Å². The smallest absolute Gasteiger partial charge is 0.184 e. The lowest BCUT2D eigenvalue weighted by molar-refractivity contribution is 0.933. The molecule has 0 aliphatic heterocycles. The minimum atomic E-state index is 0.601. The van der Waals surface area contributed by atoms with Crippen molar-refractivity contribution in [3.8, 4) is 0 Å². The largest absolute Gasteiger partial charge is 0.396 e. The number of hydrogen-bond donors (Lipinski definition) is 1. The third kappa shape index (κ3) is 2.43. The average Bonchev–Trinajstić information content (AvgIpc) is 2.76. The van der Waals surface area contributed by atoms with Crippen LogP contribution < -0.4 is 5.73 Å². The van der Waals surface area contributed by atoms with Gasteiger partial charge in [-0.1, -0.05) is 23.7 Å². The number of nitrogens with zero attached hydrogens (tertiary/aromatic N) is 3. The molecule has 3 rings (SSSR count). The lowest BCUT2D eigenvalue weighted by Crippen LogP contribution is -1.98. The molecule has 2 N–H and O–H groups in total. The molecular weight excluding hydrogens is 328 g/mol. The molecule has 0 amide bonds. The number of nitrogen functional groups attached to an aromatic ring is 1. The van der Waals surface area contributed by atoms with Crippen LogP contribution in [0.15, 0.2) is 41.0 Å². The first-order chi connectivity index (χ1) is 9.13. The van der Waals surface area contributed by atoms with Gasteiger partial charge in [0.25, 0.3) is 0 Å². The highest BCUT2D eigenvalue weighted by atomic mass is 79.9. The first-order valence-corrected chi connectivity index (χ1v) is 6.83. The molecule has 96 valence electrons. The lowest BCUT2D eigenvalue weighted by atomic mass is 10.1. The van der Waals surface area contributed by atoms with Crippen LogP contribution in [0.5, 0.6) is 0 Å². The number of halogens is 2. The van der Waals surface area contributed by atoms with Crippen molar-refractivity contribution < 1.29 is 0 Å². The van der Waals surface area contributed by atoms with E-state index in [4.69, 9.17) is 17.3 Å². The van der Waals surface area contributed by atoms with Gasteiger partial charge in [-0.05, 0) is 39.7 Å². The zero-order chi connectivity index (χ0) is 13.4. The Labute approximate surface area is 123 Å². The van der Waals surface area contributed by atoms with E-state index in [0.717, 1.165) is 20.9 Å². The third-order valence-corrected chi connectivity index (χ3v) is 3.53. The van der Waals surface area contributed by atoms with Gasteiger partial charge in [0.2, 0.25) is 0 Å². The molecular formula is C13H10BrClN4.